The Bertz CT molecular complexity index is 757. The molecule has 2 aromatic rings. The van der Waals surface area contributed by atoms with E-state index in [2.05, 4.69) is 5.32 Å². The van der Waals surface area contributed by atoms with Gasteiger partial charge in [0.25, 0.3) is 5.91 Å². The number of nitrogens with one attached hydrogen (secondary N) is 1. The zero-order valence-electron chi connectivity index (χ0n) is 12.2. The summed E-state index contributed by atoms with van der Waals surface area (Å²) in [6.07, 6.45) is 1.55. The van der Waals surface area contributed by atoms with E-state index in [9.17, 15) is 9.18 Å². The second kappa shape index (κ2) is 5.13. The molecule has 0 unspecified atom stereocenters. The highest BCUT2D eigenvalue weighted by Gasteiger charge is 2.24. The van der Waals surface area contributed by atoms with E-state index < -0.39 is 0 Å². The standard InChI is InChI=1S/C18H17FN2O/c19-16-3-1-2-14-11-21(9-7-15(14)16)18(22)13-4-5-17-12(10-13)6-8-20-17/h1-5,10,20H,6-9,11H2. The molecule has 2 aliphatic heterocycles. The van der Waals surface area contributed by atoms with E-state index in [0.29, 0.717) is 19.5 Å². The van der Waals surface area contributed by atoms with Crippen LogP contribution in [0.5, 0.6) is 0 Å². The number of benzene rings is 2. The second-order valence-corrected chi connectivity index (χ2v) is 5.90. The Balaban J connectivity index is 1.59. The normalized spacial score (nSPS) is 16.0. The molecule has 22 heavy (non-hydrogen) atoms. The van der Waals surface area contributed by atoms with Crippen LogP contribution in [0.3, 0.4) is 0 Å². The van der Waals surface area contributed by atoms with Crippen molar-refractivity contribution in [2.45, 2.75) is 19.4 Å². The Kier molecular flexibility index (Phi) is 3.10. The van der Waals surface area contributed by atoms with Crippen LogP contribution >= 0.6 is 0 Å². The Labute approximate surface area is 128 Å². The maximum atomic E-state index is 13.8. The Morgan fingerprint density at radius 2 is 2.05 bits per heavy atom. The molecule has 0 atom stereocenters. The van der Waals surface area contributed by atoms with Crippen molar-refractivity contribution in [3.05, 3.63) is 64.5 Å². The summed E-state index contributed by atoms with van der Waals surface area (Å²) in [6, 6.07) is 10.9. The predicted octanol–water partition coefficient (Wildman–Crippen LogP) is 2.99. The molecule has 0 fully saturated rings. The largest absolute Gasteiger partial charge is 0.384 e. The average Bonchev–Trinajstić information content (AvgIpc) is 3.01. The summed E-state index contributed by atoms with van der Waals surface area (Å²) in [6.45, 7) is 1.99. The maximum Gasteiger partial charge on any atom is 0.254 e. The highest BCUT2D eigenvalue weighted by atomic mass is 19.1. The average molecular weight is 296 g/mol. The minimum Gasteiger partial charge on any atom is -0.384 e. The molecular weight excluding hydrogens is 279 g/mol. The van der Waals surface area contributed by atoms with Crippen LogP contribution in [0, 0.1) is 5.82 Å². The van der Waals surface area contributed by atoms with Gasteiger partial charge < -0.3 is 10.2 Å². The smallest absolute Gasteiger partial charge is 0.254 e. The molecular formula is C18H17FN2O. The maximum absolute atomic E-state index is 13.8. The van der Waals surface area contributed by atoms with Gasteiger partial charge in [0.1, 0.15) is 5.82 Å². The van der Waals surface area contributed by atoms with Crippen LogP contribution in [-0.4, -0.2) is 23.9 Å². The summed E-state index contributed by atoms with van der Waals surface area (Å²) in [5.74, 6) is -0.127. The zero-order valence-corrected chi connectivity index (χ0v) is 12.2. The van der Waals surface area contributed by atoms with Gasteiger partial charge in [-0.1, -0.05) is 12.1 Å². The first-order chi connectivity index (χ1) is 10.7. The molecule has 0 aromatic heterocycles. The molecule has 0 saturated heterocycles. The fourth-order valence-corrected chi connectivity index (χ4v) is 3.36. The number of rotatable bonds is 1. The van der Waals surface area contributed by atoms with Crippen LogP contribution in [0.2, 0.25) is 0 Å². The van der Waals surface area contributed by atoms with Crippen LogP contribution in [0.4, 0.5) is 10.1 Å². The summed E-state index contributed by atoms with van der Waals surface area (Å²) >= 11 is 0. The van der Waals surface area contributed by atoms with Crippen LogP contribution < -0.4 is 5.32 Å². The van der Waals surface area contributed by atoms with Crippen molar-refractivity contribution in [3.8, 4) is 0 Å². The van der Waals surface area contributed by atoms with Crippen LogP contribution in [0.1, 0.15) is 27.0 Å². The SMILES string of the molecule is O=C(c1ccc2c(c1)CCN2)N1CCc2c(F)cccc2C1. The Morgan fingerprint density at radius 1 is 1.14 bits per heavy atom. The molecule has 0 saturated carbocycles. The minimum absolute atomic E-state index is 0.0320. The van der Waals surface area contributed by atoms with Crippen LogP contribution in [0.15, 0.2) is 36.4 Å². The van der Waals surface area contributed by atoms with Crippen LogP contribution in [-0.2, 0) is 19.4 Å². The van der Waals surface area contributed by atoms with Crippen molar-refractivity contribution in [2.75, 3.05) is 18.4 Å². The number of halogens is 1. The lowest BCUT2D eigenvalue weighted by molar-refractivity contribution is 0.0733. The van der Waals surface area contributed by atoms with Gasteiger partial charge in [-0.3, -0.25) is 4.79 Å². The Hall–Kier alpha value is -2.36. The molecule has 112 valence electrons. The fourth-order valence-electron chi connectivity index (χ4n) is 3.36. The topological polar surface area (TPSA) is 32.3 Å². The van der Waals surface area contributed by atoms with Gasteiger partial charge in [-0.2, -0.15) is 0 Å². The predicted molar refractivity (Wildman–Crippen MR) is 83.5 cm³/mol. The third-order valence-electron chi connectivity index (χ3n) is 4.56. The summed E-state index contributed by atoms with van der Waals surface area (Å²) in [5, 5.41) is 3.30. The van der Waals surface area contributed by atoms with Gasteiger partial charge in [0.15, 0.2) is 0 Å². The van der Waals surface area contributed by atoms with E-state index in [4.69, 9.17) is 0 Å². The molecule has 2 aliphatic rings. The lowest BCUT2D eigenvalue weighted by Crippen LogP contribution is -2.36. The molecule has 4 heteroatoms. The van der Waals surface area contributed by atoms with E-state index in [1.807, 2.05) is 29.2 Å². The quantitative estimate of drug-likeness (QED) is 0.877. The van der Waals surface area contributed by atoms with Gasteiger partial charge in [-0.15, -0.1) is 0 Å². The van der Waals surface area contributed by atoms with Crippen molar-refractivity contribution >= 4 is 11.6 Å². The minimum atomic E-state index is -0.159. The van der Waals surface area contributed by atoms with Gasteiger partial charge in [-0.25, -0.2) is 4.39 Å². The molecule has 2 aromatic carbocycles. The van der Waals surface area contributed by atoms with E-state index in [-0.39, 0.29) is 11.7 Å². The van der Waals surface area contributed by atoms with E-state index in [1.165, 1.54) is 11.6 Å². The number of fused-ring (bicyclic) bond motifs is 2. The highest BCUT2D eigenvalue weighted by Crippen LogP contribution is 2.26. The Morgan fingerprint density at radius 3 is 2.95 bits per heavy atom. The number of carbonyl (C=O) groups is 1. The van der Waals surface area contributed by atoms with Crippen molar-refractivity contribution < 1.29 is 9.18 Å². The third kappa shape index (κ3) is 2.15. The van der Waals surface area contributed by atoms with Crippen molar-refractivity contribution in [3.63, 3.8) is 0 Å². The van der Waals surface area contributed by atoms with Crippen molar-refractivity contribution in [2.24, 2.45) is 0 Å². The van der Waals surface area contributed by atoms with E-state index in [1.54, 1.807) is 6.07 Å². The van der Waals surface area contributed by atoms with Gasteiger partial charge in [0, 0.05) is 30.9 Å². The number of hydrogen-bond donors (Lipinski definition) is 1. The molecule has 3 nitrogen and oxygen atoms in total. The molecule has 0 bridgehead atoms. The molecule has 1 amide bonds. The monoisotopic (exact) mass is 296 g/mol. The summed E-state index contributed by atoms with van der Waals surface area (Å²) < 4.78 is 13.8. The number of amides is 1. The van der Waals surface area contributed by atoms with Gasteiger partial charge in [0.05, 0.1) is 0 Å². The molecule has 0 spiro atoms. The fraction of sp³-hybridized carbons (Fsp3) is 0.278. The molecule has 0 radical (unpaired) electrons. The molecule has 4 rings (SSSR count). The third-order valence-corrected chi connectivity index (χ3v) is 4.56. The molecule has 1 N–H and O–H groups in total. The lowest BCUT2D eigenvalue weighted by atomic mass is 9.98. The molecule has 2 heterocycles. The second-order valence-electron chi connectivity index (χ2n) is 5.90. The van der Waals surface area contributed by atoms with Gasteiger partial charge >= 0.3 is 0 Å². The van der Waals surface area contributed by atoms with Gasteiger partial charge in [0.2, 0.25) is 0 Å². The zero-order chi connectivity index (χ0) is 15.1. The molecule has 0 aliphatic carbocycles. The summed E-state index contributed by atoms with van der Waals surface area (Å²) in [5.41, 5.74) is 4.73. The van der Waals surface area contributed by atoms with Crippen molar-refractivity contribution in [1.29, 1.82) is 0 Å². The summed E-state index contributed by atoms with van der Waals surface area (Å²) in [7, 11) is 0. The number of nitrogens with zero attached hydrogens (tertiary/aromatic N) is 1. The van der Waals surface area contributed by atoms with Crippen molar-refractivity contribution in [1.82, 2.24) is 4.90 Å². The highest BCUT2D eigenvalue weighted by molar-refractivity contribution is 5.95. The van der Waals surface area contributed by atoms with Gasteiger partial charge in [-0.05, 0) is 53.8 Å². The first kappa shape index (κ1) is 13.3. The number of hydrogen-bond acceptors (Lipinski definition) is 2. The first-order valence-corrected chi connectivity index (χ1v) is 7.65. The van der Waals surface area contributed by atoms with E-state index in [0.717, 1.165) is 35.3 Å². The lowest BCUT2D eigenvalue weighted by Gasteiger charge is -2.29. The first-order valence-electron chi connectivity index (χ1n) is 7.65. The van der Waals surface area contributed by atoms with Crippen LogP contribution in [0.25, 0.3) is 0 Å². The summed E-state index contributed by atoms with van der Waals surface area (Å²) in [4.78, 5) is 14.5. The number of carbonyl (C=O) groups excluding carboxylic acids is 1. The number of anilines is 1. The van der Waals surface area contributed by atoms with E-state index >= 15 is 0 Å².